The van der Waals surface area contributed by atoms with Crippen LogP contribution < -0.4 is 10.4 Å². The van der Waals surface area contributed by atoms with Crippen LogP contribution in [0.5, 0.6) is 5.75 Å². The first kappa shape index (κ1) is 18.7. The average molecular weight is 378 g/mol. The molecule has 0 amide bonds. The Balaban J connectivity index is 1.60. The fraction of sp³-hybridized carbons (Fsp3) is 0.417. The summed E-state index contributed by atoms with van der Waals surface area (Å²) in [6.45, 7) is 11.1. The topological polar surface area (TPSA) is 56.5 Å². The van der Waals surface area contributed by atoms with E-state index >= 15 is 0 Å². The van der Waals surface area contributed by atoms with Crippen LogP contribution >= 0.6 is 0 Å². The Hall–Kier alpha value is -2.62. The number of ketones is 1. The smallest absolute Gasteiger partial charge is 0.336 e. The highest BCUT2D eigenvalue weighted by Crippen LogP contribution is 2.57. The minimum Gasteiger partial charge on any atom is -0.493 e. The van der Waals surface area contributed by atoms with Crippen LogP contribution in [0.3, 0.4) is 0 Å². The number of rotatable bonds is 3. The van der Waals surface area contributed by atoms with Crippen molar-refractivity contribution in [1.82, 2.24) is 0 Å². The molecule has 0 spiro atoms. The molecule has 146 valence electrons. The molecular formula is C24H26O4. The van der Waals surface area contributed by atoms with Gasteiger partial charge < -0.3 is 9.15 Å². The van der Waals surface area contributed by atoms with Gasteiger partial charge in [0, 0.05) is 35.3 Å². The zero-order valence-electron chi connectivity index (χ0n) is 16.7. The number of hydrogen-bond acceptors (Lipinski definition) is 4. The van der Waals surface area contributed by atoms with Crippen molar-refractivity contribution in [3.8, 4) is 5.75 Å². The van der Waals surface area contributed by atoms with Crippen molar-refractivity contribution in [3.05, 3.63) is 65.1 Å². The number of carbonyl (C=O) groups excluding carboxylic acids is 1. The molecule has 0 saturated heterocycles. The van der Waals surface area contributed by atoms with E-state index in [0.29, 0.717) is 30.1 Å². The molecule has 1 aromatic carbocycles. The molecule has 3 unspecified atom stereocenters. The van der Waals surface area contributed by atoms with E-state index in [-0.39, 0.29) is 28.3 Å². The second-order valence-electron chi connectivity index (χ2n) is 8.88. The molecule has 1 heterocycles. The van der Waals surface area contributed by atoms with Crippen molar-refractivity contribution in [2.75, 3.05) is 6.61 Å². The summed E-state index contributed by atoms with van der Waals surface area (Å²) in [6.07, 6.45) is 5.66. The molecule has 0 aliphatic heterocycles. The highest BCUT2D eigenvalue weighted by molar-refractivity contribution is 5.86. The first-order valence-corrected chi connectivity index (χ1v) is 9.79. The molecule has 4 nitrogen and oxygen atoms in total. The van der Waals surface area contributed by atoms with Gasteiger partial charge in [0.25, 0.3) is 0 Å². The van der Waals surface area contributed by atoms with Crippen LogP contribution in [0.1, 0.15) is 33.6 Å². The van der Waals surface area contributed by atoms with E-state index in [1.54, 1.807) is 12.1 Å². The molecule has 1 fully saturated rings. The predicted octanol–water partition coefficient (Wildman–Crippen LogP) is 4.93. The van der Waals surface area contributed by atoms with Crippen molar-refractivity contribution < 1.29 is 13.9 Å². The van der Waals surface area contributed by atoms with Gasteiger partial charge in [0.15, 0.2) is 0 Å². The van der Waals surface area contributed by atoms with E-state index in [4.69, 9.17) is 9.15 Å². The van der Waals surface area contributed by atoms with Crippen LogP contribution in [0.25, 0.3) is 11.0 Å². The van der Waals surface area contributed by atoms with Gasteiger partial charge in [-0.15, -0.1) is 0 Å². The second kappa shape index (κ2) is 6.47. The Morgan fingerprint density at radius 2 is 1.93 bits per heavy atom. The van der Waals surface area contributed by atoms with E-state index in [2.05, 4.69) is 39.5 Å². The predicted molar refractivity (Wildman–Crippen MR) is 109 cm³/mol. The molecule has 4 rings (SSSR count). The number of ether oxygens (including phenoxy) is 1. The van der Waals surface area contributed by atoms with E-state index < -0.39 is 0 Å². The van der Waals surface area contributed by atoms with Gasteiger partial charge in [-0.25, -0.2) is 4.79 Å². The van der Waals surface area contributed by atoms with Crippen LogP contribution in [0.15, 0.2) is 63.8 Å². The number of fused-ring (bicyclic) bond motifs is 2. The minimum atomic E-state index is -0.380. The van der Waals surface area contributed by atoms with Crippen LogP contribution in [0, 0.1) is 22.7 Å². The van der Waals surface area contributed by atoms with Crippen LogP contribution in [0.4, 0.5) is 0 Å². The number of benzene rings is 1. The third kappa shape index (κ3) is 2.92. The molecule has 4 heteroatoms. The van der Waals surface area contributed by atoms with Gasteiger partial charge >= 0.3 is 5.63 Å². The zero-order valence-corrected chi connectivity index (χ0v) is 16.7. The Morgan fingerprint density at radius 3 is 2.71 bits per heavy atom. The zero-order chi connectivity index (χ0) is 20.1. The Bertz CT molecular complexity index is 1040. The molecule has 0 radical (unpaired) electrons. The monoisotopic (exact) mass is 378 g/mol. The first-order valence-electron chi connectivity index (χ1n) is 9.79. The maximum atomic E-state index is 12.5. The summed E-state index contributed by atoms with van der Waals surface area (Å²) in [5.41, 5.74) is 0.721. The average Bonchev–Trinajstić information content (AvgIpc) is 2.64. The van der Waals surface area contributed by atoms with Crippen molar-refractivity contribution in [2.45, 2.75) is 33.6 Å². The van der Waals surface area contributed by atoms with E-state index in [1.165, 1.54) is 6.07 Å². The molecular weight excluding hydrogens is 352 g/mol. The summed E-state index contributed by atoms with van der Waals surface area (Å²) >= 11 is 0. The molecule has 0 bridgehead atoms. The Kier molecular flexibility index (Phi) is 4.33. The van der Waals surface area contributed by atoms with Gasteiger partial charge in [-0.1, -0.05) is 39.5 Å². The number of carbonyl (C=O) groups is 1. The SMILES string of the molecule is C=C1C=CC2C(C)(C)C(=O)CCC2(C)C1COc1ccc2ccc(=O)oc2c1. The summed E-state index contributed by atoms with van der Waals surface area (Å²) in [4.78, 5) is 24.0. The normalized spacial score (nSPS) is 29.0. The number of allylic oxidation sites excluding steroid dienone is 2. The third-order valence-electron chi connectivity index (χ3n) is 6.85. The van der Waals surface area contributed by atoms with E-state index in [0.717, 1.165) is 17.4 Å². The molecule has 2 aliphatic carbocycles. The molecule has 0 N–H and O–H groups in total. The molecule has 1 saturated carbocycles. The summed E-state index contributed by atoms with van der Waals surface area (Å²) in [7, 11) is 0. The summed E-state index contributed by atoms with van der Waals surface area (Å²) < 4.78 is 11.4. The van der Waals surface area contributed by atoms with Gasteiger partial charge in [0.2, 0.25) is 0 Å². The van der Waals surface area contributed by atoms with Gasteiger partial charge in [-0.2, -0.15) is 0 Å². The Morgan fingerprint density at radius 1 is 1.18 bits per heavy atom. The lowest BCUT2D eigenvalue weighted by Gasteiger charge is -2.54. The maximum absolute atomic E-state index is 12.5. The number of hydrogen-bond donors (Lipinski definition) is 0. The van der Waals surface area contributed by atoms with Crippen molar-refractivity contribution in [1.29, 1.82) is 0 Å². The molecule has 2 aliphatic rings. The lowest BCUT2D eigenvalue weighted by molar-refractivity contribution is -0.139. The second-order valence-corrected chi connectivity index (χ2v) is 8.88. The van der Waals surface area contributed by atoms with E-state index in [9.17, 15) is 9.59 Å². The maximum Gasteiger partial charge on any atom is 0.336 e. The fourth-order valence-electron chi connectivity index (χ4n) is 5.08. The summed E-state index contributed by atoms with van der Waals surface area (Å²) in [5.74, 6) is 1.27. The standard InChI is InChI=1S/C24H26O4/c1-15-5-9-20-23(2,3)21(25)11-12-24(20,4)18(15)14-27-17-8-6-16-7-10-22(26)28-19(16)13-17/h5-10,13,18,20H,1,11-12,14H2,2-4H3. The third-order valence-corrected chi connectivity index (χ3v) is 6.85. The molecule has 1 aromatic heterocycles. The Labute approximate surface area is 164 Å². The molecule has 28 heavy (non-hydrogen) atoms. The van der Waals surface area contributed by atoms with Crippen LogP contribution in [-0.4, -0.2) is 12.4 Å². The van der Waals surface area contributed by atoms with Gasteiger partial charge in [0.1, 0.15) is 17.1 Å². The van der Waals surface area contributed by atoms with Crippen molar-refractivity contribution in [3.63, 3.8) is 0 Å². The summed E-state index contributed by atoms with van der Waals surface area (Å²) in [6, 6.07) is 8.68. The highest BCUT2D eigenvalue weighted by Gasteiger charge is 2.54. The highest BCUT2D eigenvalue weighted by atomic mass is 16.5. The van der Waals surface area contributed by atoms with Gasteiger partial charge in [-0.3, -0.25) is 4.79 Å². The van der Waals surface area contributed by atoms with Crippen molar-refractivity contribution in [2.24, 2.45) is 22.7 Å². The minimum absolute atomic E-state index is 0.0767. The largest absolute Gasteiger partial charge is 0.493 e. The number of Topliss-reactive ketones (excluding diaryl/α,β-unsaturated/α-hetero) is 1. The van der Waals surface area contributed by atoms with Gasteiger partial charge in [-0.05, 0) is 41.5 Å². The first-order chi connectivity index (χ1) is 13.2. The van der Waals surface area contributed by atoms with Crippen molar-refractivity contribution >= 4 is 16.8 Å². The lowest BCUT2D eigenvalue weighted by Crippen LogP contribution is -2.52. The van der Waals surface area contributed by atoms with Crippen LogP contribution in [-0.2, 0) is 4.79 Å². The summed E-state index contributed by atoms with van der Waals surface area (Å²) in [5, 5.41) is 0.858. The molecule has 2 aromatic rings. The van der Waals surface area contributed by atoms with Crippen LogP contribution in [0.2, 0.25) is 0 Å². The lowest BCUT2D eigenvalue weighted by atomic mass is 9.49. The van der Waals surface area contributed by atoms with E-state index in [1.807, 2.05) is 12.1 Å². The fourth-order valence-corrected chi connectivity index (χ4v) is 5.08. The van der Waals surface area contributed by atoms with Gasteiger partial charge in [0.05, 0.1) is 6.61 Å². The molecule has 3 atom stereocenters. The quantitative estimate of drug-likeness (QED) is 0.711.